The maximum absolute atomic E-state index is 8.63. The fourth-order valence-electron chi connectivity index (χ4n) is 0.428. The van der Waals surface area contributed by atoms with Crippen LogP contribution in [0.3, 0.4) is 0 Å². The van der Waals surface area contributed by atoms with Crippen molar-refractivity contribution in [1.82, 2.24) is 0 Å². The molecule has 0 fully saturated rings. The van der Waals surface area contributed by atoms with Crippen LogP contribution in [0.5, 0.6) is 5.75 Å². The average Bonchev–Trinajstić information content (AvgIpc) is 1.69. The molecular weight excluding hydrogens is 111 g/mol. The molecule has 0 atom stereocenters. The monoisotopic (exact) mass is 118 g/mol. The summed E-state index contributed by atoms with van der Waals surface area (Å²) in [5.74, 6) is 0.322. The van der Waals surface area contributed by atoms with Gasteiger partial charge in [-0.1, -0.05) is 18.2 Å². The van der Waals surface area contributed by atoms with E-state index in [4.69, 9.17) is 5.11 Å². The Bertz CT molecular complexity index is 138. The van der Waals surface area contributed by atoms with Gasteiger partial charge in [-0.25, -0.2) is 0 Å². The van der Waals surface area contributed by atoms with E-state index in [9.17, 15) is 0 Å². The van der Waals surface area contributed by atoms with Crippen LogP contribution in [0.15, 0.2) is 30.3 Å². The molecule has 1 aromatic carbocycles. The zero-order valence-corrected chi connectivity index (χ0v) is 3.83. The fourth-order valence-corrected chi connectivity index (χ4v) is 0.428. The summed E-state index contributed by atoms with van der Waals surface area (Å²) in [5, 5.41) is 8.63. The van der Waals surface area contributed by atoms with Gasteiger partial charge in [-0.05, 0) is 12.1 Å². The quantitative estimate of drug-likeness (QED) is 0.498. The zero-order valence-electron chi connectivity index (χ0n) is 3.83. The molecule has 1 nitrogen and oxygen atoms in total. The summed E-state index contributed by atoms with van der Waals surface area (Å²) in [7, 11) is 0. The second kappa shape index (κ2) is 3.96. The van der Waals surface area contributed by atoms with Crippen molar-refractivity contribution in [2.75, 3.05) is 0 Å². The molecule has 0 radical (unpaired) electrons. The van der Waals surface area contributed by atoms with Crippen molar-refractivity contribution >= 4 is 29.6 Å². The third-order valence-electron chi connectivity index (χ3n) is 0.756. The van der Waals surface area contributed by atoms with Crippen molar-refractivity contribution in [2.24, 2.45) is 0 Å². The molecule has 0 amide bonds. The molecule has 0 bridgehead atoms. The first kappa shape index (κ1) is 8.02. The SMILES string of the molecule is Oc1ccccc1.[NaH]. The van der Waals surface area contributed by atoms with Gasteiger partial charge in [-0.15, -0.1) is 0 Å². The van der Waals surface area contributed by atoms with Crippen LogP contribution in [0, 0.1) is 0 Å². The van der Waals surface area contributed by atoms with Crippen LogP contribution in [0.4, 0.5) is 0 Å². The summed E-state index contributed by atoms with van der Waals surface area (Å²) in [6.45, 7) is 0. The van der Waals surface area contributed by atoms with Gasteiger partial charge in [0, 0.05) is 0 Å². The normalized spacial score (nSPS) is 7.50. The Morgan fingerprint density at radius 3 is 1.75 bits per heavy atom. The van der Waals surface area contributed by atoms with Crippen LogP contribution in [0.2, 0.25) is 0 Å². The minimum atomic E-state index is 0. The number of phenols is 1. The van der Waals surface area contributed by atoms with E-state index in [1.165, 1.54) is 0 Å². The standard InChI is InChI=1S/C6H6O.Na.H/c7-6-4-2-1-3-5-6;;/h1-5,7H;;. The molecular formula is C6H7NaO. The van der Waals surface area contributed by atoms with Crippen LogP contribution in [0.25, 0.3) is 0 Å². The van der Waals surface area contributed by atoms with E-state index in [2.05, 4.69) is 0 Å². The number of phenolic OH excluding ortho intramolecular Hbond substituents is 1. The summed E-state index contributed by atoms with van der Waals surface area (Å²) in [5.41, 5.74) is 0. The maximum atomic E-state index is 8.63. The number of hydrogen-bond donors (Lipinski definition) is 1. The third-order valence-corrected chi connectivity index (χ3v) is 0.756. The summed E-state index contributed by atoms with van der Waals surface area (Å²) in [6, 6.07) is 8.71. The number of aromatic hydroxyl groups is 1. The molecule has 0 saturated heterocycles. The molecule has 1 rings (SSSR count). The van der Waals surface area contributed by atoms with Gasteiger partial charge in [0.2, 0.25) is 0 Å². The van der Waals surface area contributed by atoms with Crippen LogP contribution >= 0.6 is 0 Å². The van der Waals surface area contributed by atoms with Crippen molar-refractivity contribution < 1.29 is 5.11 Å². The van der Waals surface area contributed by atoms with Crippen LogP contribution in [-0.2, 0) is 0 Å². The third kappa shape index (κ3) is 2.36. The van der Waals surface area contributed by atoms with E-state index in [-0.39, 0.29) is 29.6 Å². The number of rotatable bonds is 0. The first-order valence-corrected chi connectivity index (χ1v) is 2.13. The van der Waals surface area contributed by atoms with Crippen molar-refractivity contribution in [3.8, 4) is 5.75 Å². The number of hydrogen-bond acceptors (Lipinski definition) is 1. The van der Waals surface area contributed by atoms with Crippen molar-refractivity contribution in [2.45, 2.75) is 0 Å². The van der Waals surface area contributed by atoms with E-state index >= 15 is 0 Å². The van der Waals surface area contributed by atoms with Gasteiger partial charge >= 0.3 is 29.6 Å². The summed E-state index contributed by atoms with van der Waals surface area (Å²) in [6.07, 6.45) is 0. The molecule has 0 spiro atoms. The molecule has 1 aromatic rings. The average molecular weight is 118 g/mol. The van der Waals surface area contributed by atoms with Crippen LogP contribution in [-0.4, -0.2) is 34.7 Å². The molecule has 2 heteroatoms. The molecule has 0 saturated carbocycles. The zero-order chi connectivity index (χ0) is 5.11. The molecule has 0 aliphatic heterocycles. The molecule has 0 aliphatic rings. The Balaban J connectivity index is 0.000000490. The Hall–Kier alpha value is 0.0200. The van der Waals surface area contributed by atoms with E-state index in [0.717, 1.165) is 0 Å². The van der Waals surface area contributed by atoms with Crippen molar-refractivity contribution in [3.05, 3.63) is 30.3 Å². The van der Waals surface area contributed by atoms with E-state index in [1.807, 2.05) is 6.07 Å². The summed E-state index contributed by atoms with van der Waals surface area (Å²) < 4.78 is 0. The molecule has 0 aromatic heterocycles. The first-order valence-electron chi connectivity index (χ1n) is 2.13. The van der Waals surface area contributed by atoms with Gasteiger partial charge in [0.1, 0.15) is 5.75 Å². The van der Waals surface area contributed by atoms with Gasteiger partial charge < -0.3 is 5.11 Å². The van der Waals surface area contributed by atoms with Gasteiger partial charge in [0.25, 0.3) is 0 Å². The molecule has 0 unspecified atom stereocenters. The number of benzene rings is 1. The van der Waals surface area contributed by atoms with Crippen molar-refractivity contribution in [3.63, 3.8) is 0 Å². The number of para-hydroxylation sites is 1. The fraction of sp³-hybridized carbons (Fsp3) is 0. The minimum absolute atomic E-state index is 0. The predicted molar refractivity (Wildman–Crippen MR) is 35.3 cm³/mol. The molecule has 38 valence electrons. The van der Waals surface area contributed by atoms with E-state index < -0.39 is 0 Å². The van der Waals surface area contributed by atoms with E-state index in [1.54, 1.807) is 24.3 Å². The van der Waals surface area contributed by atoms with Gasteiger partial charge in [0.05, 0.1) is 0 Å². The second-order valence-electron chi connectivity index (χ2n) is 1.34. The van der Waals surface area contributed by atoms with Gasteiger partial charge in [-0.2, -0.15) is 0 Å². The van der Waals surface area contributed by atoms with E-state index in [0.29, 0.717) is 5.75 Å². The molecule has 8 heavy (non-hydrogen) atoms. The first-order chi connectivity index (χ1) is 3.39. The van der Waals surface area contributed by atoms with Crippen molar-refractivity contribution in [1.29, 1.82) is 0 Å². The Kier molecular flexibility index (Phi) is 3.97. The molecule has 0 aliphatic carbocycles. The second-order valence-corrected chi connectivity index (χ2v) is 1.34. The summed E-state index contributed by atoms with van der Waals surface area (Å²) >= 11 is 0. The van der Waals surface area contributed by atoms with Crippen LogP contribution in [0.1, 0.15) is 0 Å². The van der Waals surface area contributed by atoms with Gasteiger partial charge in [-0.3, -0.25) is 0 Å². The summed E-state index contributed by atoms with van der Waals surface area (Å²) in [4.78, 5) is 0. The Labute approximate surface area is 70.6 Å². The molecule has 0 heterocycles. The van der Waals surface area contributed by atoms with Gasteiger partial charge in [0.15, 0.2) is 0 Å². The predicted octanol–water partition coefficient (Wildman–Crippen LogP) is 0.744. The Morgan fingerprint density at radius 2 is 1.50 bits per heavy atom. The topological polar surface area (TPSA) is 20.2 Å². The van der Waals surface area contributed by atoms with Crippen LogP contribution < -0.4 is 0 Å². The Morgan fingerprint density at radius 1 is 1.00 bits per heavy atom. The molecule has 1 N–H and O–H groups in total.